The largest absolute Gasteiger partial charge is 0.393 e. The van der Waals surface area contributed by atoms with E-state index < -0.39 is 12.0 Å². The molecule has 0 amide bonds. The number of nitrogens with two attached hydrogens (primary N) is 1. The van der Waals surface area contributed by atoms with Crippen molar-refractivity contribution in [1.82, 2.24) is 15.4 Å². The highest BCUT2D eigenvalue weighted by atomic mass is 127. The average Bonchev–Trinajstić information content (AvgIpc) is 2.55. The van der Waals surface area contributed by atoms with E-state index in [1.807, 2.05) is 0 Å². The molecule has 0 aliphatic heterocycles. The molecular weight excluding hydrogens is 275 g/mol. The molecule has 3 N–H and O–H groups in total. The van der Waals surface area contributed by atoms with Crippen molar-refractivity contribution in [3.05, 3.63) is 11.9 Å². The van der Waals surface area contributed by atoms with E-state index in [2.05, 4.69) is 18.5 Å². The van der Waals surface area contributed by atoms with Crippen molar-refractivity contribution >= 4 is 29.0 Å². The third-order valence-corrected chi connectivity index (χ3v) is 1.71. The minimum absolute atomic E-state index is 0.332. The van der Waals surface area contributed by atoms with Gasteiger partial charge in [0.25, 0.3) is 0 Å². The molecule has 12 heavy (non-hydrogen) atoms. The molecule has 1 unspecified atom stereocenters. The van der Waals surface area contributed by atoms with Crippen molar-refractivity contribution in [3.63, 3.8) is 0 Å². The Labute approximate surface area is 82.5 Å². The van der Waals surface area contributed by atoms with E-state index in [0.29, 0.717) is 12.1 Å². The smallest absolute Gasteiger partial charge is 0.332 e. The summed E-state index contributed by atoms with van der Waals surface area (Å²) in [5.74, 6) is -0.460. The number of aromatic amines is 1. The summed E-state index contributed by atoms with van der Waals surface area (Å²) in [6, 6.07) is -0.674. The Bertz CT molecular complexity index is 250. The fourth-order valence-corrected chi connectivity index (χ4v) is 1.02. The van der Waals surface area contributed by atoms with Crippen molar-refractivity contribution in [1.29, 1.82) is 0 Å². The standard InChI is InChI=1S/C5H7IN4O2/c6-12-5(11)4(7)1-3-2-8-10-9-3/h2,4H,1,7H2,(H,8,9,10). The van der Waals surface area contributed by atoms with Gasteiger partial charge >= 0.3 is 5.97 Å². The van der Waals surface area contributed by atoms with E-state index in [4.69, 9.17) is 5.73 Å². The first-order chi connectivity index (χ1) is 5.74. The van der Waals surface area contributed by atoms with Gasteiger partial charge in [0, 0.05) is 6.42 Å². The van der Waals surface area contributed by atoms with Crippen LogP contribution in [0.15, 0.2) is 6.20 Å². The Morgan fingerprint density at radius 2 is 2.67 bits per heavy atom. The monoisotopic (exact) mass is 282 g/mol. The van der Waals surface area contributed by atoms with Gasteiger partial charge in [0.1, 0.15) is 6.04 Å². The Morgan fingerprint density at radius 1 is 1.92 bits per heavy atom. The van der Waals surface area contributed by atoms with Crippen LogP contribution < -0.4 is 5.73 Å². The summed E-state index contributed by atoms with van der Waals surface area (Å²) in [5, 5.41) is 9.74. The molecule has 0 fully saturated rings. The molecule has 1 rings (SSSR count). The van der Waals surface area contributed by atoms with Gasteiger partial charge in [0.2, 0.25) is 0 Å². The van der Waals surface area contributed by atoms with Crippen LogP contribution in [0.5, 0.6) is 0 Å². The second kappa shape index (κ2) is 4.36. The van der Waals surface area contributed by atoms with Gasteiger partial charge in [0.05, 0.1) is 11.9 Å². The van der Waals surface area contributed by atoms with Crippen LogP contribution in [0.2, 0.25) is 0 Å². The first-order valence-corrected chi connectivity index (χ1v) is 4.04. The van der Waals surface area contributed by atoms with Crippen molar-refractivity contribution < 1.29 is 7.86 Å². The zero-order chi connectivity index (χ0) is 8.97. The lowest BCUT2D eigenvalue weighted by Crippen LogP contribution is -2.32. The molecule has 1 aromatic rings. The highest BCUT2D eigenvalue weighted by Crippen LogP contribution is 1.99. The van der Waals surface area contributed by atoms with Gasteiger partial charge in [-0.05, 0) is 0 Å². The van der Waals surface area contributed by atoms with Gasteiger partial charge in [0.15, 0.2) is 23.0 Å². The fraction of sp³-hybridized carbons (Fsp3) is 0.400. The number of halogens is 1. The quantitative estimate of drug-likeness (QED) is 0.733. The summed E-state index contributed by atoms with van der Waals surface area (Å²) < 4.78 is 4.41. The Kier molecular flexibility index (Phi) is 3.41. The lowest BCUT2D eigenvalue weighted by molar-refractivity contribution is -0.132. The summed E-state index contributed by atoms with van der Waals surface area (Å²) >= 11 is 1.50. The van der Waals surface area contributed by atoms with Gasteiger partial charge in [-0.2, -0.15) is 15.4 Å². The number of rotatable bonds is 3. The number of nitrogens with one attached hydrogen (secondary N) is 1. The van der Waals surface area contributed by atoms with E-state index in [9.17, 15) is 4.79 Å². The number of H-pyrrole nitrogens is 1. The number of hydrogen-bond donors (Lipinski definition) is 2. The maximum absolute atomic E-state index is 10.8. The topological polar surface area (TPSA) is 93.9 Å². The number of carbonyl (C=O) groups excluding carboxylic acids is 1. The molecule has 1 atom stereocenters. The molecule has 0 aromatic carbocycles. The Morgan fingerprint density at radius 3 is 3.17 bits per heavy atom. The average molecular weight is 282 g/mol. The van der Waals surface area contributed by atoms with Crippen LogP contribution in [0, 0.1) is 0 Å². The molecule has 1 aromatic heterocycles. The van der Waals surface area contributed by atoms with Crippen LogP contribution in [0.3, 0.4) is 0 Å². The first-order valence-electron chi connectivity index (χ1n) is 3.16. The van der Waals surface area contributed by atoms with Crippen molar-refractivity contribution in [3.8, 4) is 0 Å². The highest BCUT2D eigenvalue weighted by molar-refractivity contribution is 14.1. The zero-order valence-electron chi connectivity index (χ0n) is 6.03. The maximum atomic E-state index is 10.8. The van der Waals surface area contributed by atoms with Crippen LogP contribution in [0.4, 0.5) is 0 Å². The van der Waals surface area contributed by atoms with Gasteiger partial charge in [-0.1, -0.05) is 0 Å². The molecule has 1 heterocycles. The normalized spacial score (nSPS) is 12.5. The van der Waals surface area contributed by atoms with Crippen LogP contribution in [0.25, 0.3) is 0 Å². The van der Waals surface area contributed by atoms with Crippen LogP contribution in [-0.4, -0.2) is 27.4 Å². The number of aromatic nitrogens is 3. The molecular formula is C5H7IN4O2. The van der Waals surface area contributed by atoms with Crippen LogP contribution >= 0.6 is 23.0 Å². The molecule has 0 spiro atoms. The van der Waals surface area contributed by atoms with Crippen LogP contribution in [0.1, 0.15) is 5.69 Å². The van der Waals surface area contributed by atoms with Crippen LogP contribution in [-0.2, 0) is 14.3 Å². The third kappa shape index (κ3) is 2.41. The predicted molar refractivity (Wildman–Crippen MR) is 48.2 cm³/mol. The molecule has 6 nitrogen and oxygen atoms in total. The van der Waals surface area contributed by atoms with E-state index in [1.165, 1.54) is 29.2 Å². The first kappa shape index (κ1) is 9.39. The highest BCUT2D eigenvalue weighted by Gasteiger charge is 2.15. The SMILES string of the molecule is NC(Cc1cn[nH]n1)C(=O)OI. The minimum Gasteiger partial charge on any atom is -0.393 e. The van der Waals surface area contributed by atoms with Crippen molar-refractivity contribution in [2.45, 2.75) is 12.5 Å². The van der Waals surface area contributed by atoms with Crippen molar-refractivity contribution in [2.24, 2.45) is 5.73 Å². The predicted octanol–water partition coefficient (Wildman–Crippen LogP) is -0.432. The van der Waals surface area contributed by atoms with Gasteiger partial charge in [-0.15, -0.1) is 0 Å². The minimum atomic E-state index is -0.674. The molecule has 66 valence electrons. The second-order valence-electron chi connectivity index (χ2n) is 2.17. The molecule has 7 heteroatoms. The summed E-state index contributed by atoms with van der Waals surface area (Å²) in [6.07, 6.45) is 1.85. The Balaban J connectivity index is 2.47. The molecule has 0 saturated heterocycles. The molecule has 0 aliphatic rings. The van der Waals surface area contributed by atoms with Crippen molar-refractivity contribution in [2.75, 3.05) is 0 Å². The summed E-state index contributed by atoms with van der Waals surface area (Å²) in [7, 11) is 0. The molecule has 0 bridgehead atoms. The Hall–Kier alpha value is -0.700. The van der Waals surface area contributed by atoms with E-state index in [0.717, 1.165) is 0 Å². The van der Waals surface area contributed by atoms with Gasteiger partial charge < -0.3 is 8.80 Å². The third-order valence-electron chi connectivity index (χ3n) is 1.27. The number of hydrogen-bond acceptors (Lipinski definition) is 5. The number of carbonyl (C=O) groups is 1. The zero-order valence-corrected chi connectivity index (χ0v) is 8.19. The fourth-order valence-electron chi connectivity index (χ4n) is 0.690. The molecule has 0 aliphatic carbocycles. The lowest BCUT2D eigenvalue weighted by atomic mass is 10.2. The molecule has 0 saturated carbocycles. The van der Waals surface area contributed by atoms with Gasteiger partial charge in [-0.3, -0.25) is 0 Å². The second-order valence-corrected chi connectivity index (χ2v) is 2.61. The summed E-state index contributed by atoms with van der Waals surface area (Å²) in [5.41, 5.74) is 6.10. The summed E-state index contributed by atoms with van der Waals surface area (Å²) in [6.45, 7) is 0. The number of nitrogens with zero attached hydrogens (tertiary/aromatic N) is 2. The summed E-state index contributed by atoms with van der Waals surface area (Å²) in [4.78, 5) is 10.8. The van der Waals surface area contributed by atoms with E-state index in [-0.39, 0.29) is 0 Å². The maximum Gasteiger partial charge on any atom is 0.332 e. The van der Waals surface area contributed by atoms with Gasteiger partial charge in [-0.25, -0.2) is 4.79 Å². The lowest BCUT2D eigenvalue weighted by Gasteiger charge is -2.03. The van der Waals surface area contributed by atoms with E-state index in [1.54, 1.807) is 0 Å². The van der Waals surface area contributed by atoms with E-state index >= 15 is 0 Å². The molecule has 0 radical (unpaired) electrons.